The number of carbonyl (C=O) groups is 2. The molecule has 0 bridgehead atoms. The molecule has 2 fully saturated rings. The number of anilines is 1. The van der Waals surface area contributed by atoms with Crippen molar-refractivity contribution in [2.45, 2.75) is 37.6 Å². The Morgan fingerprint density at radius 1 is 1.11 bits per heavy atom. The van der Waals surface area contributed by atoms with Gasteiger partial charge >= 0.3 is 0 Å². The summed E-state index contributed by atoms with van der Waals surface area (Å²) < 4.78 is 2.07. The summed E-state index contributed by atoms with van der Waals surface area (Å²) in [5.41, 5.74) is 3.24. The highest BCUT2D eigenvalue weighted by Gasteiger charge is 2.30. The quantitative estimate of drug-likeness (QED) is 0.677. The zero-order valence-electron chi connectivity index (χ0n) is 15.3. The number of amides is 2. The Kier molecular flexibility index (Phi) is 7.14. The van der Waals surface area contributed by atoms with Crippen molar-refractivity contribution < 1.29 is 9.59 Å². The minimum absolute atomic E-state index is 0. The number of hydrogen-bond donors (Lipinski definition) is 3. The SMILES string of the molecule is Cl.Cl.Cn1cc(C2CCC(=O)NC2=O)c2ccc(NC3CCNCC3)cc21. The van der Waals surface area contributed by atoms with Gasteiger partial charge in [0, 0.05) is 36.8 Å². The zero-order chi connectivity index (χ0) is 17.4. The van der Waals surface area contributed by atoms with Crippen LogP contribution in [0.3, 0.4) is 0 Å². The van der Waals surface area contributed by atoms with Crippen molar-refractivity contribution in [3.05, 3.63) is 30.0 Å². The molecule has 0 aliphatic carbocycles. The van der Waals surface area contributed by atoms with E-state index in [2.05, 4.69) is 38.7 Å². The second-order valence-corrected chi connectivity index (χ2v) is 7.10. The number of piperidine rings is 2. The Morgan fingerprint density at radius 3 is 2.56 bits per heavy atom. The highest BCUT2D eigenvalue weighted by molar-refractivity contribution is 6.03. The van der Waals surface area contributed by atoms with Gasteiger partial charge in [0.25, 0.3) is 0 Å². The van der Waals surface area contributed by atoms with E-state index >= 15 is 0 Å². The number of nitrogens with one attached hydrogen (secondary N) is 3. The number of halogens is 2. The summed E-state index contributed by atoms with van der Waals surface area (Å²) in [6.07, 6.45) is 5.28. The third kappa shape index (κ3) is 4.39. The minimum atomic E-state index is -0.246. The summed E-state index contributed by atoms with van der Waals surface area (Å²) in [6, 6.07) is 6.86. The maximum absolute atomic E-state index is 12.2. The monoisotopic (exact) mass is 412 g/mol. The number of fused-ring (bicyclic) bond motifs is 1. The maximum Gasteiger partial charge on any atom is 0.234 e. The van der Waals surface area contributed by atoms with E-state index in [4.69, 9.17) is 0 Å². The number of imide groups is 1. The predicted octanol–water partition coefficient (Wildman–Crippen LogP) is 2.71. The third-order valence-corrected chi connectivity index (χ3v) is 5.35. The van der Waals surface area contributed by atoms with Crippen LogP contribution in [-0.2, 0) is 16.6 Å². The molecule has 0 spiro atoms. The molecule has 2 amide bonds. The molecule has 148 valence electrons. The molecule has 0 radical (unpaired) electrons. The van der Waals surface area contributed by atoms with E-state index in [0.717, 1.165) is 48.1 Å². The molecule has 3 N–H and O–H groups in total. The standard InChI is InChI=1S/C19H24N4O2.2ClH/c1-23-11-16(15-4-5-18(24)22-19(15)25)14-3-2-13(10-17(14)23)21-12-6-8-20-9-7-12;;/h2-3,10-12,15,20-21H,4-9H2,1H3,(H,22,24,25);2*1H. The lowest BCUT2D eigenvalue weighted by molar-refractivity contribution is -0.134. The molecule has 1 aromatic carbocycles. The minimum Gasteiger partial charge on any atom is -0.382 e. The summed E-state index contributed by atoms with van der Waals surface area (Å²) in [6.45, 7) is 2.12. The van der Waals surface area contributed by atoms with Crippen molar-refractivity contribution in [2.24, 2.45) is 7.05 Å². The van der Waals surface area contributed by atoms with Gasteiger partial charge in [0.1, 0.15) is 0 Å². The summed E-state index contributed by atoms with van der Waals surface area (Å²) in [5.74, 6) is -0.597. The van der Waals surface area contributed by atoms with Gasteiger partial charge in [-0.05, 0) is 50.0 Å². The Hall–Kier alpha value is -1.76. The van der Waals surface area contributed by atoms with Gasteiger partial charge in [0.2, 0.25) is 11.8 Å². The molecular formula is C19H26Cl2N4O2. The second-order valence-electron chi connectivity index (χ2n) is 7.10. The van der Waals surface area contributed by atoms with E-state index in [1.165, 1.54) is 0 Å². The van der Waals surface area contributed by atoms with E-state index in [0.29, 0.717) is 18.9 Å². The van der Waals surface area contributed by atoms with E-state index in [1.54, 1.807) is 0 Å². The first-order valence-corrected chi connectivity index (χ1v) is 9.02. The van der Waals surface area contributed by atoms with Crippen LogP contribution in [0.5, 0.6) is 0 Å². The van der Waals surface area contributed by atoms with Crippen LogP contribution in [0.15, 0.2) is 24.4 Å². The van der Waals surface area contributed by atoms with Gasteiger partial charge < -0.3 is 15.2 Å². The smallest absolute Gasteiger partial charge is 0.234 e. The van der Waals surface area contributed by atoms with Gasteiger partial charge in [-0.3, -0.25) is 14.9 Å². The molecule has 6 nitrogen and oxygen atoms in total. The highest BCUT2D eigenvalue weighted by atomic mass is 35.5. The van der Waals surface area contributed by atoms with Crippen LogP contribution in [-0.4, -0.2) is 35.5 Å². The molecule has 1 aromatic heterocycles. The topological polar surface area (TPSA) is 75.2 Å². The van der Waals surface area contributed by atoms with E-state index in [-0.39, 0.29) is 42.5 Å². The molecule has 8 heteroatoms. The fraction of sp³-hybridized carbons (Fsp3) is 0.474. The van der Waals surface area contributed by atoms with Gasteiger partial charge in [0.15, 0.2) is 0 Å². The first-order chi connectivity index (χ1) is 12.1. The van der Waals surface area contributed by atoms with Crippen molar-refractivity contribution in [3.8, 4) is 0 Å². The van der Waals surface area contributed by atoms with E-state index in [1.807, 2.05) is 13.2 Å². The van der Waals surface area contributed by atoms with Gasteiger partial charge in [-0.15, -0.1) is 24.8 Å². The van der Waals surface area contributed by atoms with Crippen LogP contribution >= 0.6 is 24.8 Å². The van der Waals surface area contributed by atoms with Crippen LogP contribution in [0.2, 0.25) is 0 Å². The van der Waals surface area contributed by atoms with Crippen molar-refractivity contribution in [3.63, 3.8) is 0 Å². The Balaban J connectivity index is 0.00000131. The van der Waals surface area contributed by atoms with E-state index < -0.39 is 0 Å². The maximum atomic E-state index is 12.2. The summed E-state index contributed by atoms with van der Waals surface area (Å²) >= 11 is 0. The summed E-state index contributed by atoms with van der Waals surface area (Å²) in [7, 11) is 2.01. The predicted molar refractivity (Wildman–Crippen MR) is 112 cm³/mol. The molecule has 27 heavy (non-hydrogen) atoms. The number of hydrogen-bond acceptors (Lipinski definition) is 4. The molecule has 1 atom stereocenters. The van der Waals surface area contributed by atoms with E-state index in [9.17, 15) is 9.59 Å². The van der Waals surface area contributed by atoms with Crippen molar-refractivity contribution in [2.75, 3.05) is 18.4 Å². The van der Waals surface area contributed by atoms with Crippen LogP contribution in [0.25, 0.3) is 10.9 Å². The Bertz CT molecular complexity index is 830. The number of aromatic nitrogens is 1. The van der Waals surface area contributed by atoms with Gasteiger partial charge in [-0.25, -0.2) is 0 Å². The van der Waals surface area contributed by atoms with Gasteiger partial charge in [-0.2, -0.15) is 0 Å². The largest absolute Gasteiger partial charge is 0.382 e. The summed E-state index contributed by atoms with van der Waals surface area (Å²) in [5, 5.41) is 10.6. The molecule has 2 aliphatic heterocycles. The summed E-state index contributed by atoms with van der Waals surface area (Å²) in [4.78, 5) is 23.6. The average Bonchev–Trinajstić information content (AvgIpc) is 2.92. The molecule has 3 heterocycles. The van der Waals surface area contributed by atoms with Gasteiger partial charge in [0.05, 0.1) is 11.4 Å². The Morgan fingerprint density at radius 2 is 1.85 bits per heavy atom. The molecule has 2 aliphatic rings. The lowest BCUT2D eigenvalue weighted by Crippen LogP contribution is -2.39. The van der Waals surface area contributed by atoms with Crippen LogP contribution in [0.1, 0.15) is 37.2 Å². The number of benzene rings is 1. The van der Waals surface area contributed by atoms with Crippen molar-refractivity contribution in [1.82, 2.24) is 15.2 Å². The Labute approximate surface area is 171 Å². The normalized spacial score (nSPS) is 20.6. The third-order valence-electron chi connectivity index (χ3n) is 5.35. The lowest BCUT2D eigenvalue weighted by Gasteiger charge is -2.24. The fourth-order valence-electron chi connectivity index (χ4n) is 3.97. The van der Waals surface area contributed by atoms with Crippen LogP contribution in [0.4, 0.5) is 5.69 Å². The molecule has 0 saturated carbocycles. The van der Waals surface area contributed by atoms with Crippen LogP contribution < -0.4 is 16.0 Å². The highest BCUT2D eigenvalue weighted by Crippen LogP contribution is 2.33. The molecule has 2 aromatic rings. The zero-order valence-corrected chi connectivity index (χ0v) is 16.9. The number of carbonyl (C=O) groups excluding carboxylic acids is 2. The second kappa shape index (κ2) is 8.95. The molecule has 4 rings (SSSR count). The number of nitrogens with zero attached hydrogens (tertiary/aromatic N) is 1. The van der Waals surface area contributed by atoms with Gasteiger partial charge in [-0.1, -0.05) is 6.07 Å². The molecule has 2 saturated heterocycles. The first-order valence-electron chi connectivity index (χ1n) is 9.02. The molecular weight excluding hydrogens is 387 g/mol. The number of rotatable bonds is 3. The van der Waals surface area contributed by atoms with Crippen molar-refractivity contribution in [1.29, 1.82) is 0 Å². The average molecular weight is 413 g/mol. The van der Waals surface area contributed by atoms with Crippen molar-refractivity contribution >= 4 is 53.2 Å². The molecule has 1 unspecified atom stereocenters. The first kappa shape index (κ1) is 21.5. The fourth-order valence-corrected chi connectivity index (χ4v) is 3.97. The van der Waals surface area contributed by atoms with Crippen LogP contribution in [0, 0.1) is 0 Å². The lowest BCUT2D eigenvalue weighted by atomic mass is 9.90. The number of aryl methyl sites for hydroxylation is 1.